The highest BCUT2D eigenvalue weighted by molar-refractivity contribution is 5.03. The molecule has 59 valence electrons. The van der Waals surface area contributed by atoms with Gasteiger partial charge >= 0.3 is 0 Å². The number of halogens is 2. The Balaban J connectivity index is 2.39. The van der Waals surface area contributed by atoms with Crippen molar-refractivity contribution in [2.24, 2.45) is 0 Å². The molecule has 3 nitrogen and oxygen atoms in total. The van der Waals surface area contributed by atoms with Gasteiger partial charge in [-0.25, -0.2) is 13.8 Å². The van der Waals surface area contributed by atoms with E-state index in [4.69, 9.17) is 0 Å². The van der Waals surface area contributed by atoms with Crippen LogP contribution in [0.25, 0.3) is 0 Å². The second-order valence-electron chi connectivity index (χ2n) is 1.70. The fourth-order valence-corrected chi connectivity index (χ4v) is 0.479. The summed E-state index contributed by atoms with van der Waals surface area (Å²) >= 11 is 0. The van der Waals surface area contributed by atoms with Crippen molar-refractivity contribution in [3.05, 3.63) is 18.6 Å². The zero-order valence-corrected chi connectivity index (χ0v) is 5.50. The molecule has 5 heteroatoms. The maximum atomic E-state index is 11.5. The van der Waals surface area contributed by atoms with Crippen molar-refractivity contribution in [1.82, 2.24) is 9.97 Å². The average molecular weight is 159 g/mol. The number of rotatable bonds is 3. The Bertz CT molecular complexity index is 205. The molecule has 0 N–H and O–H groups in total. The van der Waals surface area contributed by atoms with E-state index in [9.17, 15) is 8.78 Å². The molecule has 0 unspecified atom stereocenters. The van der Waals surface area contributed by atoms with Crippen molar-refractivity contribution < 1.29 is 13.5 Å². The van der Waals surface area contributed by atoms with Crippen LogP contribution in [-0.4, -0.2) is 23.0 Å². The van der Waals surface area contributed by atoms with Crippen molar-refractivity contribution in [1.29, 1.82) is 0 Å². The maximum absolute atomic E-state index is 11.5. The summed E-state index contributed by atoms with van der Waals surface area (Å²) in [4.78, 5) is 6.93. The van der Waals surface area contributed by atoms with E-state index in [-0.39, 0.29) is 5.88 Å². The van der Waals surface area contributed by atoms with Crippen LogP contribution in [-0.2, 0) is 0 Å². The van der Waals surface area contributed by atoms with E-state index in [1.165, 1.54) is 12.3 Å². The van der Waals surface area contributed by atoms with Crippen molar-refractivity contribution in [3.63, 3.8) is 0 Å². The lowest BCUT2D eigenvalue weighted by Gasteiger charge is -2.01. The topological polar surface area (TPSA) is 35.0 Å². The van der Waals surface area contributed by atoms with Gasteiger partial charge in [0.2, 0.25) is 12.2 Å². The molecule has 1 heterocycles. The van der Waals surface area contributed by atoms with Crippen LogP contribution in [0.3, 0.4) is 0 Å². The summed E-state index contributed by atoms with van der Waals surface area (Å²) < 4.78 is 27.6. The Hall–Kier alpha value is -1.26. The first-order valence-corrected chi connectivity index (χ1v) is 2.89. The van der Waals surface area contributed by atoms with Gasteiger partial charge in [0, 0.05) is 12.3 Å². The quantitative estimate of drug-likeness (QED) is 0.657. The second kappa shape index (κ2) is 3.80. The Morgan fingerprint density at radius 3 is 3.00 bits per heavy atom. The van der Waals surface area contributed by atoms with E-state index in [1.54, 1.807) is 0 Å². The van der Waals surface area contributed by atoms with Crippen LogP contribution >= 0.6 is 0 Å². The van der Waals surface area contributed by atoms with E-state index >= 15 is 0 Å². The summed E-state index contributed by atoms with van der Waals surface area (Å²) in [6.45, 7) is -0.648. The molecule has 0 aliphatic carbocycles. The number of nitrogens with zero attached hydrogens (tertiary/aromatic N) is 2. The second-order valence-corrected chi connectivity index (χ2v) is 1.70. The fourth-order valence-electron chi connectivity index (χ4n) is 0.479. The van der Waals surface area contributed by atoms with Crippen LogP contribution in [0, 0.1) is 6.33 Å². The fraction of sp³-hybridized carbons (Fsp3) is 0.333. The molecule has 11 heavy (non-hydrogen) atoms. The molecule has 0 bridgehead atoms. The van der Waals surface area contributed by atoms with Crippen LogP contribution in [0.1, 0.15) is 0 Å². The minimum absolute atomic E-state index is 0.111. The summed E-state index contributed by atoms with van der Waals surface area (Å²) in [5, 5.41) is 0. The molecular weight excluding hydrogens is 154 g/mol. The third-order valence-corrected chi connectivity index (χ3v) is 0.867. The van der Waals surface area contributed by atoms with Gasteiger partial charge in [-0.2, -0.15) is 4.98 Å². The largest absolute Gasteiger partial charge is 0.471 e. The van der Waals surface area contributed by atoms with E-state index in [2.05, 4.69) is 21.0 Å². The molecule has 0 fully saturated rings. The Labute approximate surface area is 62.0 Å². The third kappa shape index (κ3) is 2.88. The summed E-state index contributed by atoms with van der Waals surface area (Å²) in [6, 6.07) is 1.39. The molecule has 1 aromatic heterocycles. The minimum atomic E-state index is -2.48. The van der Waals surface area contributed by atoms with Gasteiger partial charge in [0.1, 0.15) is 0 Å². The van der Waals surface area contributed by atoms with Gasteiger partial charge in [0.25, 0.3) is 6.43 Å². The SMILES string of the molecule is FC(F)COc1ccn[c]n1. The van der Waals surface area contributed by atoms with Gasteiger partial charge in [-0.3, -0.25) is 0 Å². The van der Waals surface area contributed by atoms with Gasteiger partial charge in [-0.1, -0.05) is 0 Å². The van der Waals surface area contributed by atoms with Crippen LogP contribution < -0.4 is 4.74 Å². The van der Waals surface area contributed by atoms with E-state index < -0.39 is 13.0 Å². The lowest BCUT2D eigenvalue weighted by Crippen LogP contribution is -2.07. The predicted octanol–water partition coefficient (Wildman–Crippen LogP) is 0.921. The molecular formula is C6H5F2N2O. The number of ether oxygens (including phenoxy) is 1. The van der Waals surface area contributed by atoms with Crippen molar-refractivity contribution >= 4 is 0 Å². The Kier molecular flexibility index (Phi) is 2.71. The summed E-state index contributed by atoms with van der Waals surface area (Å²) in [7, 11) is 0. The lowest BCUT2D eigenvalue weighted by molar-refractivity contribution is 0.0795. The number of hydrogen-bond donors (Lipinski definition) is 0. The van der Waals surface area contributed by atoms with Gasteiger partial charge in [-0.05, 0) is 0 Å². The highest BCUT2D eigenvalue weighted by Crippen LogP contribution is 2.03. The zero-order valence-electron chi connectivity index (χ0n) is 5.50. The van der Waals surface area contributed by atoms with Gasteiger partial charge in [-0.15, -0.1) is 0 Å². The normalized spacial score (nSPS) is 10.1. The summed E-state index contributed by atoms with van der Waals surface area (Å²) in [5.41, 5.74) is 0. The van der Waals surface area contributed by atoms with Crippen molar-refractivity contribution in [2.45, 2.75) is 6.43 Å². The molecule has 1 aromatic rings. The van der Waals surface area contributed by atoms with Crippen molar-refractivity contribution in [3.8, 4) is 5.88 Å². The molecule has 0 aromatic carbocycles. The minimum Gasteiger partial charge on any atom is -0.471 e. The molecule has 0 atom stereocenters. The molecule has 0 saturated heterocycles. The molecule has 0 spiro atoms. The number of alkyl halides is 2. The first-order chi connectivity index (χ1) is 5.29. The molecule has 0 amide bonds. The highest BCUT2D eigenvalue weighted by Gasteiger charge is 2.02. The number of hydrogen-bond acceptors (Lipinski definition) is 3. The van der Waals surface area contributed by atoms with Crippen LogP contribution in [0.2, 0.25) is 0 Å². The number of aromatic nitrogens is 2. The van der Waals surface area contributed by atoms with Crippen LogP contribution in [0.4, 0.5) is 8.78 Å². The summed E-state index contributed by atoms with van der Waals surface area (Å²) in [5.74, 6) is 0.111. The van der Waals surface area contributed by atoms with Crippen LogP contribution in [0.5, 0.6) is 5.88 Å². The molecule has 1 rings (SSSR count). The van der Waals surface area contributed by atoms with Gasteiger partial charge < -0.3 is 4.74 Å². The molecule has 1 radical (unpaired) electrons. The van der Waals surface area contributed by atoms with E-state index in [0.717, 1.165) is 0 Å². The Morgan fingerprint density at radius 2 is 2.45 bits per heavy atom. The third-order valence-electron chi connectivity index (χ3n) is 0.867. The maximum Gasteiger partial charge on any atom is 0.272 e. The average Bonchev–Trinajstić information content (AvgIpc) is 2.03. The van der Waals surface area contributed by atoms with E-state index in [1.807, 2.05) is 0 Å². The Morgan fingerprint density at radius 1 is 1.64 bits per heavy atom. The zero-order chi connectivity index (χ0) is 8.10. The standard InChI is InChI=1S/C6H5F2N2O/c7-5(8)3-11-6-1-2-9-4-10-6/h1-2,5H,3H2. The lowest BCUT2D eigenvalue weighted by atomic mass is 10.6. The smallest absolute Gasteiger partial charge is 0.272 e. The first-order valence-electron chi connectivity index (χ1n) is 2.89. The summed E-state index contributed by atoms with van der Waals surface area (Å²) in [6.07, 6.45) is 1.10. The monoisotopic (exact) mass is 159 g/mol. The molecule has 0 aliphatic rings. The van der Waals surface area contributed by atoms with Crippen LogP contribution in [0.15, 0.2) is 12.3 Å². The molecule has 0 aliphatic heterocycles. The predicted molar refractivity (Wildman–Crippen MR) is 32.4 cm³/mol. The first kappa shape index (κ1) is 7.84. The van der Waals surface area contributed by atoms with Gasteiger partial charge in [0.05, 0.1) is 0 Å². The van der Waals surface area contributed by atoms with Crippen molar-refractivity contribution in [2.75, 3.05) is 6.61 Å². The van der Waals surface area contributed by atoms with Gasteiger partial charge in [0.15, 0.2) is 6.61 Å². The highest BCUT2D eigenvalue weighted by atomic mass is 19.3. The van der Waals surface area contributed by atoms with E-state index in [0.29, 0.717) is 0 Å². The molecule has 0 saturated carbocycles.